The summed E-state index contributed by atoms with van der Waals surface area (Å²) in [5.74, 6) is 0.444. The summed E-state index contributed by atoms with van der Waals surface area (Å²) in [6.45, 7) is 2.90. The first-order valence-electron chi connectivity index (χ1n) is 8.31. The van der Waals surface area contributed by atoms with E-state index in [-0.39, 0.29) is 17.9 Å². The topological polar surface area (TPSA) is 97.7 Å². The maximum Gasteiger partial charge on any atom is 0.226 e. The summed E-state index contributed by atoms with van der Waals surface area (Å²) in [4.78, 5) is 24.4. The van der Waals surface area contributed by atoms with Crippen molar-refractivity contribution in [2.24, 2.45) is 13.0 Å². The Balaban J connectivity index is 1.45. The second-order valence-electron chi connectivity index (χ2n) is 6.27. The molecule has 0 aliphatic carbocycles. The van der Waals surface area contributed by atoms with Crippen LogP contribution >= 0.6 is 0 Å². The summed E-state index contributed by atoms with van der Waals surface area (Å²) in [6.07, 6.45) is 3.94. The van der Waals surface area contributed by atoms with Crippen molar-refractivity contribution in [3.8, 4) is 0 Å². The molecule has 1 aliphatic heterocycles. The fourth-order valence-electron chi connectivity index (χ4n) is 3.24. The standard InChI is InChI=1S/C17H20N6O2/c1-10-12(8-20-23(10)2)15-11(5-7-25-15)17(24)19-9-14-21-13-4-3-6-18-16(13)22-14/h3-4,6,8,11,15H,5,7,9H2,1-2H3,(H,19,24)(H,18,21,22)/t11-,15-/m0/s1. The van der Waals surface area contributed by atoms with Crippen LogP contribution in [0.3, 0.4) is 0 Å². The Morgan fingerprint density at radius 1 is 1.52 bits per heavy atom. The van der Waals surface area contributed by atoms with E-state index in [0.29, 0.717) is 31.0 Å². The Kier molecular flexibility index (Phi) is 3.96. The van der Waals surface area contributed by atoms with Crippen LogP contribution in [0.5, 0.6) is 0 Å². The number of pyridine rings is 1. The average Bonchev–Trinajstić information content (AvgIpc) is 3.32. The molecule has 1 aliphatic rings. The van der Waals surface area contributed by atoms with Gasteiger partial charge in [-0.25, -0.2) is 9.97 Å². The van der Waals surface area contributed by atoms with Crippen molar-refractivity contribution in [2.75, 3.05) is 6.61 Å². The van der Waals surface area contributed by atoms with Gasteiger partial charge in [0.05, 0.1) is 30.3 Å². The number of amides is 1. The van der Waals surface area contributed by atoms with Crippen LogP contribution in [0.4, 0.5) is 0 Å². The molecule has 0 unspecified atom stereocenters. The highest BCUT2D eigenvalue weighted by Gasteiger charge is 2.36. The van der Waals surface area contributed by atoms with Gasteiger partial charge in [-0.05, 0) is 25.5 Å². The van der Waals surface area contributed by atoms with E-state index in [9.17, 15) is 4.79 Å². The molecule has 1 amide bonds. The third-order valence-electron chi connectivity index (χ3n) is 4.74. The highest BCUT2D eigenvalue weighted by Crippen LogP contribution is 2.36. The van der Waals surface area contributed by atoms with Gasteiger partial charge in [0.15, 0.2) is 5.65 Å². The van der Waals surface area contributed by atoms with E-state index < -0.39 is 0 Å². The summed E-state index contributed by atoms with van der Waals surface area (Å²) in [6, 6.07) is 3.76. The number of rotatable bonds is 4. The maximum atomic E-state index is 12.7. The molecule has 0 saturated carbocycles. The van der Waals surface area contributed by atoms with Gasteiger partial charge >= 0.3 is 0 Å². The Bertz CT molecular complexity index is 882. The fourth-order valence-corrected chi connectivity index (χ4v) is 3.24. The Labute approximate surface area is 144 Å². The minimum absolute atomic E-state index is 0.0285. The molecule has 0 radical (unpaired) electrons. The van der Waals surface area contributed by atoms with E-state index in [2.05, 4.69) is 25.4 Å². The van der Waals surface area contributed by atoms with Crippen molar-refractivity contribution in [3.05, 3.63) is 41.6 Å². The molecule has 130 valence electrons. The van der Waals surface area contributed by atoms with Gasteiger partial charge in [0.2, 0.25) is 5.91 Å². The summed E-state index contributed by atoms with van der Waals surface area (Å²) in [5, 5.41) is 7.22. The van der Waals surface area contributed by atoms with Crippen molar-refractivity contribution < 1.29 is 9.53 Å². The van der Waals surface area contributed by atoms with Crippen LogP contribution in [0, 0.1) is 12.8 Å². The van der Waals surface area contributed by atoms with Crippen LogP contribution in [0.15, 0.2) is 24.5 Å². The average molecular weight is 340 g/mol. The largest absolute Gasteiger partial charge is 0.373 e. The maximum absolute atomic E-state index is 12.7. The van der Waals surface area contributed by atoms with Crippen LogP contribution in [-0.2, 0) is 23.1 Å². The lowest BCUT2D eigenvalue weighted by atomic mass is 9.95. The SMILES string of the molecule is Cc1c([C@H]2OCC[C@@H]2C(=O)NCc2nc3ncccc3[nH]2)cnn1C. The number of fused-ring (bicyclic) bond motifs is 1. The zero-order valence-electron chi connectivity index (χ0n) is 14.2. The summed E-state index contributed by atoms with van der Waals surface area (Å²) >= 11 is 0. The second kappa shape index (κ2) is 6.29. The minimum atomic E-state index is -0.244. The third kappa shape index (κ3) is 2.89. The number of carbonyl (C=O) groups excluding carboxylic acids is 1. The van der Waals surface area contributed by atoms with Gasteiger partial charge in [-0.1, -0.05) is 0 Å². The van der Waals surface area contributed by atoms with E-state index in [0.717, 1.165) is 16.8 Å². The molecule has 0 aromatic carbocycles. The molecule has 1 saturated heterocycles. The predicted molar refractivity (Wildman–Crippen MR) is 90.5 cm³/mol. The first-order chi connectivity index (χ1) is 12.1. The fraction of sp³-hybridized carbons (Fsp3) is 0.412. The highest BCUT2D eigenvalue weighted by molar-refractivity contribution is 5.80. The molecule has 3 aromatic rings. The molecular formula is C17H20N6O2. The Morgan fingerprint density at radius 2 is 2.40 bits per heavy atom. The Morgan fingerprint density at radius 3 is 3.16 bits per heavy atom. The third-order valence-corrected chi connectivity index (χ3v) is 4.74. The lowest BCUT2D eigenvalue weighted by molar-refractivity contribution is -0.127. The summed E-state index contributed by atoms with van der Waals surface area (Å²) in [7, 11) is 1.89. The number of hydrogen-bond acceptors (Lipinski definition) is 5. The molecule has 3 aromatic heterocycles. The number of ether oxygens (including phenoxy) is 1. The predicted octanol–water partition coefficient (Wildman–Crippen LogP) is 1.39. The first kappa shape index (κ1) is 15.8. The molecule has 8 nitrogen and oxygen atoms in total. The molecule has 0 spiro atoms. The number of nitrogens with zero attached hydrogens (tertiary/aromatic N) is 4. The number of aromatic amines is 1. The normalized spacial score (nSPS) is 20.2. The smallest absolute Gasteiger partial charge is 0.226 e. The lowest BCUT2D eigenvalue weighted by Gasteiger charge is -2.17. The van der Waals surface area contributed by atoms with Gasteiger partial charge in [0.25, 0.3) is 0 Å². The van der Waals surface area contributed by atoms with Gasteiger partial charge in [0, 0.05) is 31.1 Å². The summed E-state index contributed by atoms with van der Waals surface area (Å²) in [5.41, 5.74) is 3.51. The molecule has 2 N–H and O–H groups in total. The van der Waals surface area contributed by atoms with Crippen molar-refractivity contribution in [1.82, 2.24) is 30.0 Å². The highest BCUT2D eigenvalue weighted by atomic mass is 16.5. The van der Waals surface area contributed by atoms with E-state index in [1.807, 2.05) is 26.1 Å². The minimum Gasteiger partial charge on any atom is -0.373 e. The first-order valence-corrected chi connectivity index (χ1v) is 8.31. The quantitative estimate of drug-likeness (QED) is 0.748. The van der Waals surface area contributed by atoms with Crippen LogP contribution in [0.2, 0.25) is 0 Å². The van der Waals surface area contributed by atoms with Crippen LogP contribution in [0.1, 0.15) is 29.6 Å². The van der Waals surface area contributed by atoms with Gasteiger partial charge in [-0.15, -0.1) is 0 Å². The van der Waals surface area contributed by atoms with Gasteiger partial charge in [-0.3, -0.25) is 9.48 Å². The van der Waals surface area contributed by atoms with Gasteiger partial charge < -0.3 is 15.0 Å². The molecular weight excluding hydrogens is 320 g/mol. The number of aryl methyl sites for hydroxylation is 1. The second-order valence-corrected chi connectivity index (χ2v) is 6.27. The number of imidazole rings is 1. The van der Waals surface area contributed by atoms with Gasteiger partial charge in [0.1, 0.15) is 5.82 Å². The molecule has 0 bridgehead atoms. The van der Waals surface area contributed by atoms with E-state index in [1.165, 1.54) is 0 Å². The van der Waals surface area contributed by atoms with Crippen molar-refractivity contribution in [1.29, 1.82) is 0 Å². The number of H-pyrrole nitrogens is 1. The molecule has 4 heterocycles. The molecule has 8 heteroatoms. The molecule has 4 rings (SSSR count). The summed E-state index contributed by atoms with van der Waals surface area (Å²) < 4.78 is 7.62. The van der Waals surface area contributed by atoms with Crippen LogP contribution in [-0.4, -0.2) is 37.2 Å². The van der Waals surface area contributed by atoms with E-state index in [4.69, 9.17) is 4.74 Å². The Hall–Kier alpha value is -2.74. The molecule has 2 atom stereocenters. The van der Waals surface area contributed by atoms with Gasteiger partial charge in [-0.2, -0.15) is 5.10 Å². The van der Waals surface area contributed by atoms with Crippen molar-refractivity contribution >= 4 is 17.1 Å². The zero-order chi connectivity index (χ0) is 17.4. The van der Waals surface area contributed by atoms with Crippen molar-refractivity contribution in [3.63, 3.8) is 0 Å². The van der Waals surface area contributed by atoms with Crippen molar-refractivity contribution in [2.45, 2.75) is 26.0 Å². The van der Waals surface area contributed by atoms with Crippen LogP contribution in [0.25, 0.3) is 11.2 Å². The van der Waals surface area contributed by atoms with Crippen LogP contribution < -0.4 is 5.32 Å². The lowest BCUT2D eigenvalue weighted by Crippen LogP contribution is -2.32. The zero-order valence-corrected chi connectivity index (χ0v) is 14.2. The monoisotopic (exact) mass is 340 g/mol. The van der Waals surface area contributed by atoms with E-state index >= 15 is 0 Å². The number of hydrogen-bond donors (Lipinski definition) is 2. The molecule has 1 fully saturated rings. The van der Waals surface area contributed by atoms with E-state index in [1.54, 1.807) is 17.1 Å². The number of aromatic nitrogens is 5. The number of nitrogens with one attached hydrogen (secondary N) is 2. The molecule has 25 heavy (non-hydrogen) atoms. The number of carbonyl (C=O) groups is 1.